The molecule has 0 radical (unpaired) electrons. The average Bonchev–Trinajstić information content (AvgIpc) is 2.86. The lowest BCUT2D eigenvalue weighted by Gasteiger charge is -2.04. The molecule has 0 saturated carbocycles. The van der Waals surface area contributed by atoms with Gasteiger partial charge in [0, 0.05) is 0 Å². The van der Waals surface area contributed by atoms with Crippen molar-refractivity contribution in [3.8, 4) is 0 Å². The summed E-state index contributed by atoms with van der Waals surface area (Å²) in [5.74, 6) is -1.08. The molecule has 2 aromatic rings. The van der Waals surface area contributed by atoms with Crippen molar-refractivity contribution < 1.29 is 19.1 Å². The molecule has 22 heavy (non-hydrogen) atoms. The van der Waals surface area contributed by atoms with E-state index in [1.54, 1.807) is 13.8 Å². The lowest BCUT2D eigenvalue weighted by atomic mass is 10.4. The first-order chi connectivity index (χ1) is 10.6. The lowest BCUT2D eigenvalue weighted by molar-refractivity contribution is -0.144. The molecule has 2 aromatic heterocycles. The normalized spacial score (nSPS) is 10.6. The number of fused-ring (bicyclic) bond motifs is 1. The SMILES string of the molecule is CCOC(=O)Cn1nnc2c(cnn2CC(=O)OCC)c1=O. The monoisotopic (exact) mass is 309 g/mol. The molecular weight excluding hydrogens is 294 g/mol. The number of rotatable bonds is 6. The molecule has 0 N–H and O–H groups in total. The van der Waals surface area contributed by atoms with Gasteiger partial charge in [0.05, 0.1) is 19.4 Å². The fourth-order valence-corrected chi connectivity index (χ4v) is 1.79. The van der Waals surface area contributed by atoms with Crippen LogP contribution < -0.4 is 5.56 Å². The van der Waals surface area contributed by atoms with Crippen molar-refractivity contribution in [3.63, 3.8) is 0 Å². The molecule has 2 heterocycles. The number of esters is 2. The average molecular weight is 309 g/mol. The highest BCUT2D eigenvalue weighted by Gasteiger charge is 2.15. The molecule has 0 aromatic carbocycles. The van der Waals surface area contributed by atoms with Gasteiger partial charge in [-0.25, -0.2) is 4.68 Å². The van der Waals surface area contributed by atoms with Gasteiger partial charge in [-0.3, -0.25) is 14.4 Å². The molecule has 0 aliphatic carbocycles. The molecular formula is C12H15N5O5. The van der Waals surface area contributed by atoms with E-state index in [1.807, 2.05) is 0 Å². The van der Waals surface area contributed by atoms with Gasteiger partial charge in [0.25, 0.3) is 5.56 Å². The Hall–Kier alpha value is -2.78. The van der Waals surface area contributed by atoms with Gasteiger partial charge in [0.2, 0.25) is 0 Å². The summed E-state index contributed by atoms with van der Waals surface area (Å²) in [4.78, 5) is 35.0. The fraction of sp³-hybridized carbons (Fsp3) is 0.500. The number of ether oxygens (including phenoxy) is 2. The van der Waals surface area contributed by atoms with E-state index in [4.69, 9.17) is 9.47 Å². The van der Waals surface area contributed by atoms with Crippen molar-refractivity contribution in [1.82, 2.24) is 24.8 Å². The smallest absolute Gasteiger partial charge is 0.327 e. The first-order valence-electron chi connectivity index (χ1n) is 6.67. The van der Waals surface area contributed by atoms with Crippen LogP contribution >= 0.6 is 0 Å². The van der Waals surface area contributed by atoms with E-state index < -0.39 is 17.5 Å². The van der Waals surface area contributed by atoms with Crippen molar-refractivity contribution in [2.75, 3.05) is 13.2 Å². The standard InChI is InChI=1S/C12H15N5O5/c1-3-21-9(18)6-16-11-8(5-13-16)12(20)17(15-14-11)7-10(19)22-4-2/h5H,3-4,6-7H2,1-2H3. The van der Waals surface area contributed by atoms with Crippen molar-refractivity contribution in [2.24, 2.45) is 0 Å². The van der Waals surface area contributed by atoms with Crippen molar-refractivity contribution >= 4 is 23.0 Å². The first kappa shape index (κ1) is 15.6. The number of aromatic nitrogens is 5. The molecule has 0 spiro atoms. The lowest BCUT2D eigenvalue weighted by Crippen LogP contribution is -2.29. The van der Waals surface area contributed by atoms with Crippen molar-refractivity contribution in [3.05, 3.63) is 16.6 Å². The van der Waals surface area contributed by atoms with Gasteiger partial charge in [-0.15, -0.1) is 5.10 Å². The minimum Gasteiger partial charge on any atom is -0.465 e. The summed E-state index contributed by atoms with van der Waals surface area (Å²) in [6, 6.07) is 0. The predicted octanol–water partition coefficient (Wildman–Crippen LogP) is -0.886. The molecule has 10 heteroatoms. The second-order valence-electron chi connectivity index (χ2n) is 4.20. The van der Waals surface area contributed by atoms with Crippen LogP contribution in [-0.4, -0.2) is 49.9 Å². The van der Waals surface area contributed by atoms with Gasteiger partial charge >= 0.3 is 11.9 Å². The third-order valence-corrected chi connectivity index (χ3v) is 2.69. The van der Waals surface area contributed by atoms with Crippen LogP contribution in [0.5, 0.6) is 0 Å². The topological polar surface area (TPSA) is 118 Å². The zero-order valence-corrected chi connectivity index (χ0v) is 12.2. The Morgan fingerprint density at radius 1 is 1.09 bits per heavy atom. The summed E-state index contributed by atoms with van der Waals surface area (Å²) in [5.41, 5.74) is -0.383. The van der Waals surface area contributed by atoms with Gasteiger partial charge in [0.1, 0.15) is 18.5 Å². The molecule has 2 rings (SSSR count). The minimum absolute atomic E-state index is 0.151. The van der Waals surface area contributed by atoms with Gasteiger partial charge in [-0.1, -0.05) is 5.21 Å². The number of hydrogen-bond donors (Lipinski definition) is 0. The van der Waals surface area contributed by atoms with E-state index in [2.05, 4.69) is 15.4 Å². The molecule has 0 aliphatic rings. The largest absolute Gasteiger partial charge is 0.465 e. The van der Waals surface area contributed by atoms with Crippen LogP contribution in [0.1, 0.15) is 13.8 Å². The van der Waals surface area contributed by atoms with Crippen LogP contribution in [0.15, 0.2) is 11.0 Å². The van der Waals surface area contributed by atoms with E-state index >= 15 is 0 Å². The summed E-state index contributed by atoms with van der Waals surface area (Å²) in [7, 11) is 0. The van der Waals surface area contributed by atoms with E-state index in [0.29, 0.717) is 0 Å². The first-order valence-corrected chi connectivity index (χ1v) is 6.67. The minimum atomic E-state index is -0.586. The Bertz CT molecular complexity index is 750. The number of carbonyl (C=O) groups excluding carboxylic acids is 2. The highest BCUT2D eigenvalue weighted by molar-refractivity contribution is 5.76. The number of carbonyl (C=O) groups is 2. The maximum absolute atomic E-state index is 12.2. The zero-order valence-electron chi connectivity index (χ0n) is 12.2. The summed E-state index contributed by atoms with van der Waals surface area (Å²) < 4.78 is 11.7. The summed E-state index contributed by atoms with van der Waals surface area (Å²) >= 11 is 0. The van der Waals surface area contributed by atoms with Crippen LogP contribution in [0, 0.1) is 0 Å². The molecule has 0 saturated heterocycles. The molecule has 0 aliphatic heterocycles. The highest BCUT2D eigenvalue weighted by atomic mass is 16.5. The van der Waals surface area contributed by atoms with Gasteiger partial charge in [-0.05, 0) is 13.8 Å². The van der Waals surface area contributed by atoms with Crippen LogP contribution in [0.25, 0.3) is 11.0 Å². The highest BCUT2D eigenvalue weighted by Crippen LogP contribution is 2.04. The van der Waals surface area contributed by atoms with Gasteiger partial charge in [0.15, 0.2) is 5.65 Å². The van der Waals surface area contributed by atoms with Crippen molar-refractivity contribution in [2.45, 2.75) is 26.9 Å². The van der Waals surface area contributed by atoms with Crippen LogP contribution in [0.4, 0.5) is 0 Å². The fourth-order valence-electron chi connectivity index (χ4n) is 1.79. The van der Waals surface area contributed by atoms with E-state index in [9.17, 15) is 14.4 Å². The third kappa shape index (κ3) is 3.27. The van der Waals surface area contributed by atoms with Crippen LogP contribution in [-0.2, 0) is 32.2 Å². The molecule has 0 bridgehead atoms. The Labute approximate surface area is 124 Å². The quantitative estimate of drug-likeness (QED) is 0.631. The number of nitrogens with zero attached hydrogens (tertiary/aromatic N) is 5. The molecule has 0 fully saturated rings. The molecule has 0 atom stereocenters. The summed E-state index contributed by atoms with van der Waals surface area (Å²) in [5, 5.41) is 11.6. The molecule has 0 amide bonds. The Morgan fingerprint density at radius 3 is 2.27 bits per heavy atom. The molecule has 118 valence electrons. The predicted molar refractivity (Wildman–Crippen MR) is 72.8 cm³/mol. The number of hydrogen-bond acceptors (Lipinski definition) is 8. The second kappa shape index (κ2) is 6.78. The Morgan fingerprint density at radius 2 is 1.68 bits per heavy atom. The maximum Gasteiger partial charge on any atom is 0.327 e. The van der Waals surface area contributed by atoms with Gasteiger partial charge in [-0.2, -0.15) is 9.78 Å². The van der Waals surface area contributed by atoms with E-state index in [0.717, 1.165) is 4.68 Å². The Kier molecular flexibility index (Phi) is 4.81. The zero-order chi connectivity index (χ0) is 16.1. The van der Waals surface area contributed by atoms with Gasteiger partial charge < -0.3 is 9.47 Å². The second-order valence-corrected chi connectivity index (χ2v) is 4.20. The van der Waals surface area contributed by atoms with Crippen LogP contribution in [0.3, 0.4) is 0 Å². The summed E-state index contributed by atoms with van der Waals surface area (Å²) in [6.45, 7) is 3.30. The summed E-state index contributed by atoms with van der Waals surface area (Å²) in [6.07, 6.45) is 1.27. The third-order valence-electron chi connectivity index (χ3n) is 2.69. The molecule has 10 nitrogen and oxygen atoms in total. The Balaban J connectivity index is 2.28. The van der Waals surface area contributed by atoms with E-state index in [1.165, 1.54) is 10.9 Å². The maximum atomic E-state index is 12.2. The van der Waals surface area contributed by atoms with E-state index in [-0.39, 0.29) is 37.3 Å². The molecule has 0 unspecified atom stereocenters. The van der Waals surface area contributed by atoms with Crippen LogP contribution in [0.2, 0.25) is 0 Å². The van der Waals surface area contributed by atoms with Crippen molar-refractivity contribution in [1.29, 1.82) is 0 Å².